The van der Waals surface area contributed by atoms with Crippen molar-refractivity contribution in [3.63, 3.8) is 0 Å². The number of aliphatic hydroxyl groups excluding tert-OH is 1. The molecule has 0 aromatic heterocycles. The van der Waals surface area contributed by atoms with Gasteiger partial charge >= 0.3 is 0 Å². The first-order valence-electron chi connectivity index (χ1n) is 8.34. The summed E-state index contributed by atoms with van der Waals surface area (Å²) in [5, 5.41) is 9.29. The van der Waals surface area contributed by atoms with Crippen LogP contribution in [0.4, 0.5) is 0 Å². The van der Waals surface area contributed by atoms with Crippen LogP contribution in [-0.2, 0) is 16.4 Å². The van der Waals surface area contributed by atoms with Crippen LogP contribution in [0.25, 0.3) is 0 Å². The summed E-state index contributed by atoms with van der Waals surface area (Å²) < 4.78 is 29.4. The fourth-order valence-corrected chi connectivity index (χ4v) is 5.07. The molecule has 0 spiro atoms. The predicted molar refractivity (Wildman–Crippen MR) is 109 cm³/mol. The summed E-state index contributed by atoms with van der Waals surface area (Å²) in [4.78, 5) is 0.315. The van der Waals surface area contributed by atoms with Crippen molar-refractivity contribution in [3.05, 3.63) is 75.3 Å². The zero-order valence-corrected chi connectivity index (χ0v) is 17.6. The summed E-state index contributed by atoms with van der Waals surface area (Å²) in [7, 11) is -3.71. The lowest BCUT2D eigenvalue weighted by molar-refractivity contribution is 0.339. The van der Waals surface area contributed by atoms with Crippen LogP contribution in [-0.4, -0.2) is 26.2 Å². The largest absolute Gasteiger partial charge is 0.391 e. The zero-order valence-electron chi connectivity index (χ0n) is 15.2. The van der Waals surface area contributed by atoms with Crippen molar-refractivity contribution in [2.75, 3.05) is 6.61 Å². The minimum absolute atomic E-state index is 0.185. The van der Waals surface area contributed by atoms with Crippen LogP contribution in [0.15, 0.2) is 57.9 Å². The highest BCUT2D eigenvalue weighted by Gasteiger charge is 2.23. The van der Waals surface area contributed by atoms with E-state index in [2.05, 4.69) is 20.7 Å². The van der Waals surface area contributed by atoms with Gasteiger partial charge in [0.1, 0.15) is 0 Å². The molecule has 26 heavy (non-hydrogen) atoms. The highest BCUT2D eigenvalue weighted by molar-refractivity contribution is 9.11. The number of aliphatic hydroxyl groups is 1. The summed E-state index contributed by atoms with van der Waals surface area (Å²) in [6.07, 6.45) is 2.18. The normalized spacial score (nSPS) is 13.7. The van der Waals surface area contributed by atoms with Gasteiger partial charge in [-0.15, -0.1) is 0 Å². The molecule has 6 heteroatoms. The molecule has 0 unspecified atom stereocenters. The Morgan fingerprint density at radius 1 is 1.15 bits per heavy atom. The average Bonchev–Trinajstić information content (AvgIpc) is 2.53. The molecule has 0 bridgehead atoms. The Morgan fingerprint density at radius 2 is 1.73 bits per heavy atom. The van der Waals surface area contributed by atoms with Crippen LogP contribution < -0.4 is 4.72 Å². The molecular weight excluding hydrogens is 414 g/mol. The second kappa shape index (κ2) is 8.95. The average molecular weight is 438 g/mol. The molecule has 1 atom stereocenters. The molecule has 0 aliphatic rings. The monoisotopic (exact) mass is 437 g/mol. The Bertz CT molecular complexity index is 870. The molecule has 0 radical (unpaired) electrons. The van der Waals surface area contributed by atoms with E-state index in [0.29, 0.717) is 15.8 Å². The van der Waals surface area contributed by atoms with Gasteiger partial charge in [0.15, 0.2) is 0 Å². The SMILES string of the molecule is Cc1cc(C)c(S(=O)(=O)N[C@H](/C=C(/Br)CO)Cc2ccccc2)c(C)c1. The third-order valence-electron chi connectivity index (χ3n) is 4.01. The van der Waals surface area contributed by atoms with Crippen molar-refractivity contribution in [1.29, 1.82) is 0 Å². The molecule has 2 rings (SSSR count). The molecule has 0 aliphatic carbocycles. The third-order valence-corrected chi connectivity index (χ3v) is 6.32. The van der Waals surface area contributed by atoms with E-state index in [4.69, 9.17) is 0 Å². The molecule has 4 nitrogen and oxygen atoms in total. The quantitative estimate of drug-likeness (QED) is 0.692. The number of sulfonamides is 1. The molecule has 2 aromatic carbocycles. The molecule has 0 saturated heterocycles. The van der Waals surface area contributed by atoms with Gasteiger partial charge in [0.25, 0.3) is 0 Å². The van der Waals surface area contributed by atoms with Gasteiger partial charge in [0.05, 0.1) is 11.5 Å². The molecule has 0 saturated carbocycles. The van der Waals surface area contributed by atoms with E-state index in [1.54, 1.807) is 19.9 Å². The lowest BCUT2D eigenvalue weighted by Crippen LogP contribution is -2.36. The number of aryl methyl sites for hydroxylation is 3. The fraction of sp³-hybridized carbons (Fsp3) is 0.300. The van der Waals surface area contributed by atoms with Crippen LogP contribution in [0.5, 0.6) is 0 Å². The van der Waals surface area contributed by atoms with Crippen LogP contribution in [0.2, 0.25) is 0 Å². The summed E-state index contributed by atoms with van der Waals surface area (Å²) in [6.45, 7) is 5.37. The Labute approximate surface area is 164 Å². The van der Waals surface area contributed by atoms with Crippen molar-refractivity contribution in [3.8, 4) is 0 Å². The standard InChI is InChI=1S/C20H24BrNO3S/c1-14-9-15(2)20(16(3)10-14)26(24,25)22-19(12-18(21)13-23)11-17-7-5-4-6-8-17/h4-10,12,19,22-23H,11,13H2,1-3H3/b18-12+/t19-/m0/s1. The Morgan fingerprint density at radius 3 is 2.27 bits per heavy atom. The predicted octanol–water partition coefficient (Wildman–Crippen LogP) is 3.77. The first-order chi connectivity index (χ1) is 12.2. The molecule has 140 valence electrons. The molecule has 2 aromatic rings. The van der Waals surface area contributed by atoms with Gasteiger partial charge in [-0.3, -0.25) is 0 Å². The molecule has 0 amide bonds. The van der Waals surface area contributed by atoms with Crippen LogP contribution >= 0.6 is 15.9 Å². The van der Waals surface area contributed by atoms with E-state index in [1.165, 1.54) is 0 Å². The minimum atomic E-state index is -3.71. The number of rotatable bonds is 7. The Hall–Kier alpha value is -1.47. The van der Waals surface area contributed by atoms with Crippen molar-refractivity contribution in [1.82, 2.24) is 4.72 Å². The van der Waals surface area contributed by atoms with E-state index in [1.807, 2.05) is 49.4 Å². The fourth-order valence-electron chi connectivity index (χ4n) is 3.12. The lowest BCUT2D eigenvalue weighted by Gasteiger charge is -2.19. The summed E-state index contributed by atoms with van der Waals surface area (Å²) in [6, 6.07) is 12.9. The molecule has 2 N–H and O–H groups in total. The van der Waals surface area contributed by atoms with E-state index >= 15 is 0 Å². The smallest absolute Gasteiger partial charge is 0.241 e. The molecule has 0 fully saturated rings. The summed E-state index contributed by atoms with van der Waals surface area (Å²) >= 11 is 3.27. The topological polar surface area (TPSA) is 66.4 Å². The van der Waals surface area contributed by atoms with Crippen LogP contribution in [0, 0.1) is 20.8 Å². The summed E-state index contributed by atoms with van der Waals surface area (Å²) in [5.74, 6) is 0. The number of benzene rings is 2. The lowest BCUT2D eigenvalue weighted by atomic mass is 10.1. The number of hydrogen-bond donors (Lipinski definition) is 2. The first kappa shape index (κ1) is 20.8. The van der Waals surface area contributed by atoms with Gasteiger partial charge in [-0.2, -0.15) is 0 Å². The van der Waals surface area contributed by atoms with Crippen molar-refractivity contribution >= 4 is 26.0 Å². The Kier molecular flexibility index (Phi) is 7.17. The van der Waals surface area contributed by atoms with Crippen molar-refractivity contribution in [2.45, 2.75) is 38.1 Å². The van der Waals surface area contributed by atoms with Gasteiger partial charge in [-0.1, -0.05) is 70.0 Å². The van der Waals surface area contributed by atoms with Crippen LogP contribution in [0.1, 0.15) is 22.3 Å². The maximum atomic E-state index is 13.0. The van der Waals surface area contributed by atoms with E-state index in [0.717, 1.165) is 22.3 Å². The molecule has 0 heterocycles. The maximum absolute atomic E-state index is 13.0. The van der Waals surface area contributed by atoms with Crippen molar-refractivity contribution in [2.24, 2.45) is 0 Å². The number of nitrogens with one attached hydrogen (secondary N) is 1. The van der Waals surface area contributed by atoms with Crippen molar-refractivity contribution < 1.29 is 13.5 Å². The van der Waals surface area contributed by atoms with Crippen LogP contribution in [0.3, 0.4) is 0 Å². The van der Waals surface area contributed by atoms with Gasteiger partial charge in [0.2, 0.25) is 10.0 Å². The van der Waals surface area contributed by atoms with Gasteiger partial charge in [-0.25, -0.2) is 13.1 Å². The Balaban J connectivity index is 2.37. The van der Waals surface area contributed by atoms with Gasteiger partial charge < -0.3 is 5.11 Å². The molecule has 0 aliphatic heterocycles. The van der Waals surface area contributed by atoms with Gasteiger partial charge in [0, 0.05) is 10.5 Å². The van der Waals surface area contributed by atoms with E-state index in [-0.39, 0.29) is 6.61 Å². The van der Waals surface area contributed by atoms with E-state index < -0.39 is 16.1 Å². The second-order valence-electron chi connectivity index (χ2n) is 6.42. The van der Waals surface area contributed by atoms with Gasteiger partial charge in [-0.05, 0) is 43.9 Å². The molecular formula is C20H24BrNO3S. The first-order valence-corrected chi connectivity index (χ1v) is 10.6. The third kappa shape index (κ3) is 5.51. The zero-order chi connectivity index (χ0) is 19.3. The summed E-state index contributed by atoms with van der Waals surface area (Å²) in [5.41, 5.74) is 3.48. The highest BCUT2D eigenvalue weighted by atomic mass is 79.9. The second-order valence-corrected chi connectivity index (χ2v) is 9.09. The maximum Gasteiger partial charge on any atom is 0.241 e. The number of halogens is 1. The highest BCUT2D eigenvalue weighted by Crippen LogP contribution is 2.22. The van der Waals surface area contributed by atoms with E-state index in [9.17, 15) is 13.5 Å². The minimum Gasteiger partial charge on any atom is -0.391 e. The number of hydrogen-bond acceptors (Lipinski definition) is 3.